The van der Waals surface area contributed by atoms with Crippen molar-refractivity contribution in [3.05, 3.63) is 71.5 Å². The van der Waals surface area contributed by atoms with E-state index in [1.54, 1.807) is 36.7 Å². The van der Waals surface area contributed by atoms with Crippen LogP contribution in [0.3, 0.4) is 0 Å². The maximum absolute atomic E-state index is 12.5. The van der Waals surface area contributed by atoms with Gasteiger partial charge >= 0.3 is 0 Å². The molecule has 0 aliphatic carbocycles. The first-order chi connectivity index (χ1) is 18.0. The van der Waals surface area contributed by atoms with Crippen molar-refractivity contribution in [2.24, 2.45) is 5.10 Å². The van der Waals surface area contributed by atoms with Crippen LogP contribution in [0.1, 0.15) is 5.56 Å². The summed E-state index contributed by atoms with van der Waals surface area (Å²) in [6.45, 7) is 0. The van der Waals surface area contributed by atoms with Crippen LogP contribution in [0.15, 0.2) is 71.2 Å². The molecule has 0 radical (unpaired) electrons. The van der Waals surface area contributed by atoms with Crippen LogP contribution in [0.4, 0.5) is 0 Å². The lowest BCUT2D eigenvalue weighted by Crippen LogP contribution is -2.20. The number of halogens is 1. The van der Waals surface area contributed by atoms with E-state index in [4.69, 9.17) is 25.8 Å². The van der Waals surface area contributed by atoms with Crippen LogP contribution in [0, 0.1) is 0 Å². The monoisotopic (exact) mass is 538 g/mol. The van der Waals surface area contributed by atoms with Gasteiger partial charge in [0.25, 0.3) is 5.91 Å². The Morgan fingerprint density at radius 1 is 1.00 bits per heavy atom. The molecule has 0 atom stereocenters. The van der Waals surface area contributed by atoms with E-state index in [-0.39, 0.29) is 11.7 Å². The molecule has 0 fully saturated rings. The summed E-state index contributed by atoms with van der Waals surface area (Å²) in [5, 5.41) is 13.9. The third-order valence-electron chi connectivity index (χ3n) is 5.12. The fraction of sp³-hybridized carbons (Fsp3) is 0.160. The van der Waals surface area contributed by atoms with Gasteiger partial charge in [-0.2, -0.15) is 5.10 Å². The summed E-state index contributed by atoms with van der Waals surface area (Å²) < 4.78 is 18.0. The topological polar surface area (TPSA) is 113 Å². The molecule has 1 amide bonds. The number of rotatable bonds is 10. The van der Waals surface area contributed by atoms with Crippen LogP contribution < -0.4 is 19.6 Å². The van der Waals surface area contributed by atoms with Crippen molar-refractivity contribution >= 4 is 35.5 Å². The summed E-state index contributed by atoms with van der Waals surface area (Å²) in [5.41, 5.74) is 4.78. The number of hydrogen-bond donors (Lipinski definition) is 1. The fourth-order valence-electron chi connectivity index (χ4n) is 3.44. The van der Waals surface area contributed by atoms with E-state index in [0.717, 1.165) is 11.3 Å². The lowest BCUT2D eigenvalue weighted by Gasteiger charge is -2.13. The van der Waals surface area contributed by atoms with Crippen LogP contribution >= 0.6 is 23.4 Å². The molecule has 4 rings (SSSR count). The van der Waals surface area contributed by atoms with Gasteiger partial charge in [0.1, 0.15) is 0 Å². The molecule has 0 saturated carbocycles. The van der Waals surface area contributed by atoms with Gasteiger partial charge in [0.05, 0.1) is 33.3 Å². The molecule has 0 aliphatic rings. The summed E-state index contributed by atoms with van der Waals surface area (Å²) in [6.07, 6.45) is 4.84. The van der Waals surface area contributed by atoms with E-state index in [2.05, 4.69) is 25.7 Å². The quantitative estimate of drug-likeness (QED) is 0.181. The van der Waals surface area contributed by atoms with Gasteiger partial charge in [0.2, 0.25) is 5.75 Å². The Hall–Kier alpha value is -4.09. The second kappa shape index (κ2) is 12.2. The molecule has 37 heavy (non-hydrogen) atoms. The van der Waals surface area contributed by atoms with Crippen molar-refractivity contribution in [2.45, 2.75) is 5.16 Å². The Morgan fingerprint density at radius 3 is 2.41 bits per heavy atom. The number of benzene rings is 2. The Kier molecular flexibility index (Phi) is 8.60. The average Bonchev–Trinajstić information content (AvgIpc) is 3.36. The molecular weight excluding hydrogens is 516 g/mol. The largest absolute Gasteiger partial charge is 0.493 e. The first kappa shape index (κ1) is 26.0. The van der Waals surface area contributed by atoms with Crippen molar-refractivity contribution in [3.63, 3.8) is 0 Å². The van der Waals surface area contributed by atoms with Crippen molar-refractivity contribution < 1.29 is 19.0 Å². The van der Waals surface area contributed by atoms with Gasteiger partial charge < -0.3 is 14.2 Å². The number of carbonyl (C=O) groups is 1. The number of thioether (sulfide) groups is 1. The highest BCUT2D eigenvalue weighted by Crippen LogP contribution is 2.39. The Balaban J connectivity index is 1.49. The number of carbonyl (C=O) groups excluding carboxylic acids is 1. The molecular formula is C25H23ClN6O4S. The molecule has 2 aromatic carbocycles. The summed E-state index contributed by atoms with van der Waals surface area (Å²) in [6, 6.07) is 14.5. The number of methoxy groups -OCH3 is 3. The van der Waals surface area contributed by atoms with Crippen LogP contribution in [-0.4, -0.2) is 59.0 Å². The number of hydrogen-bond acceptors (Lipinski definition) is 9. The van der Waals surface area contributed by atoms with Gasteiger partial charge in [-0.25, -0.2) is 5.43 Å². The van der Waals surface area contributed by atoms with Gasteiger partial charge in [0.15, 0.2) is 22.5 Å². The number of ether oxygens (including phenoxy) is 3. The predicted molar refractivity (Wildman–Crippen MR) is 142 cm³/mol. The minimum atomic E-state index is -0.322. The first-order valence-electron chi connectivity index (χ1n) is 10.9. The lowest BCUT2D eigenvalue weighted by molar-refractivity contribution is -0.118. The Labute approximate surface area is 222 Å². The number of amides is 1. The first-order valence-corrected chi connectivity index (χ1v) is 12.3. The van der Waals surface area contributed by atoms with Gasteiger partial charge in [0, 0.05) is 34.2 Å². The molecule has 0 aliphatic heterocycles. The highest BCUT2D eigenvalue weighted by Gasteiger charge is 2.18. The maximum Gasteiger partial charge on any atom is 0.250 e. The average molecular weight is 539 g/mol. The summed E-state index contributed by atoms with van der Waals surface area (Å²) in [4.78, 5) is 16.6. The maximum atomic E-state index is 12.5. The molecule has 12 heteroatoms. The molecule has 0 spiro atoms. The van der Waals surface area contributed by atoms with E-state index in [9.17, 15) is 4.79 Å². The third-order valence-corrected chi connectivity index (χ3v) is 6.30. The smallest absolute Gasteiger partial charge is 0.250 e. The molecule has 2 aromatic heterocycles. The highest BCUT2D eigenvalue weighted by molar-refractivity contribution is 7.99. The normalized spacial score (nSPS) is 10.9. The molecule has 2 heterocycles. The van der Waals surface area contributed by atoms with Crippen LogP contribution in [0.5, 0.6) is 17.2 Å². The van der Waals surface area contributed by atoms with Gasteiger partial charge in [-0.3, -0.25) is 14.3 Å². The van der Waals surface area contributed by atoms with Crippen molar-refractivity contribution in [2.75, 3.05) is 27.1 Å². The second-order valence-electron chi connectivity index (χ2n) is 7.36. The minimum Gasteiger partial charge on any atom is -0.493 e. The number of aromatic nitrogens is 4. The van der Waals surface area contributed by atoms with Crippen molar-refractivity contribution in [3.8, 4) is 34.3 Å². The fourth-order valence-corrected chi connectivity index (χ4v) is 4.31. The SMILES string of the molecule is COc1ccc(/C=N\NC(=O)CSc2nnc(-c3ccncc3)n2-c2ccc(Cl)cc2)c(OC)c1OC. The van der Waals surface area contributed by atoms with E-state index >= 15 is 0 Å². The van der Waals surface area contributed by atoms with E-state index in [1.807, 2.05) is 28.8 Å². The summed E-state index contributed by atoms with van der Waals surface area (Å²) >= 11 is 7.30. The Bertz CT molecular complexity index is 1400. The Morgan fingerprint density at radius 2 is 1.73 bits per heavy atom. The molecule has 0 bridgehead atoms. The molecule has 1 N–H and O–H groups in total. The third kappa shape index (κ3) is 6.01. The highest BCUT2D eigenvalue weighted by atomic mass is 35.5. The second-order valence-corrected chi connectivity index (χ2v) is 8.74. The zero-order valence-corrected chi connectivity index (χ0v) is 21.8. The molecule has 0 saturated heterocycles. The summed E-state index contributed by atoms with van der Waals surface area (Å²) in [7, 11) is 4.57. The predicted octanol–water partition coefficient (Wildman–Crippen LogP) is 4.25. The molecule has 190 valence electrons. The number of pyridine rings is 1. The van der Waals surface area contributed by atoms with E-state index < -0.39 is 0 Å². The number of nitrogens with one attached hydrogen (secondary N) is 1. The van der Waals surface area contributed by atoms with Gasteiger partial charge in [-0.15, -0.1) is 10.2 Å². The number of hydrazone groups is 1. The standard InChI is InChI=1S/C25H23ClN6O4S/c1-34-20-9-4-17(22(35-2)23(20)36-3)14-28-29-21(33)15-37-25-31-30-24(16-10-12-27-13-11-16)32(25)19-7-5-18(26)6-8-19/h4-14H,15H2,1-3H3,(H,29,33)/b28-14-. The van der Waals surface area contributed by atoms with Crippen molar-refractivity contribution in [1.82, 2.24) is 25.2 Å². The molecule has 4 aromatic rings. The van der Waals surface area contributed by atoms with Crippen LogP contribution in [0.25, 0.3) is 17.1 Å². The zero-order valence-electron chi connectivity index (χ0n) is 20.2. The number of nitrogens with zero attached hydrogens (tertiary/aromatic N) is 5. The summed E-state index contributed by atoms with van der Waals surface area (Å²) in [5.74, 6) is 1.75. The van der Waals surface area contributed by atoms with Crippen LogP contribution in [0.2, 0.25) is 5.02 Å². The lowest BCUT2D eigenvalue weighted by atomic mass is 10.2. The van der Waals surface area contributed by atoms with Gasteiger partial charge in [-0.05, 0) is 48.5 Å². The zero-order chi connectivity index (χ0) is 26.2. The van der Waals surface area contributed by atoms with E-state index in [1.165, 1.54) is 39.3 Å². The minimum absolute atomic E-state index is 0.0580. The van der Waals surface area contributed by atoms with Crippen molar-refractivity contribution in [1.29, 1.82) is 0 Å². The van der Waals surface area contributed by atoms with E-state index in [0.29, 0.717) is 38.8 Å². The molecule has 0 unspecified atom stereocenters. The van der Waals surface area contributed by atoms with Crippen LogP contribution in [-0.2, 0) is 4.79 Å². The molecule has 10 nitrogen and oxygen atoms in total. The van der Waals surface area contributed by atoms with Gasteiger partial charge in [-0.1, -0.05) is 23.4 Å².